The molecule has 4 aromatic rings. The summed E-state index contributed by atoms with van der Waals surface area (Å²) in [6.45, 7) is 3.63. The predicted octanol–water partition coefficient (Wildman–Crippen LogP) is 6.25. The number of aromatic hydroxyl groups is 4. The molecule has 12 heteroatoms. The van der Waals surface area contributed by atoms with Crippen LogP contribution in [0, 0.1) is 0 Å². The number of ether oxygens (including phenoxy) is 4. The van der Waals surface area contributed by atoms with Crippen LogP contribution in [0.15, 0.2) is 97.6 Å². The number of phenolic OH excluding ortho intramolecular Hbond substituents is 4. The lowest BCUT2D eigenvalue weighted by Gasteiger charge is -2.04. The van der Waals surface area contributed by atoms with E-state index in [1.165, 1.54) is 58.8 Å². The molecule has 0 amide bonds. The van der Waals surface area contributed by atoms with E-state index in [0.717, 1.165) is 23.6 Å². The Morgan fingerprint density at radius 3 is 1.44 bits per heavy atom. The lowest BCUT2D eigenvalue weighted by Crippen LogP contribution is -1.87. The van der Waals surface area contributed by atoms with Gasteiger partial charge in [-0.25, -0.2) is 4.79 Å². The molecule has 50 heavy (non-hydrogen) atoms. The van der Waals surface area contributed by atoms with E-state index in [-0.39, 0.29) is 29.6 Å². The molecular weight excluding hydrogens is 648 g/mol. The number of aliphatic hydroxyl groups excluding tert-OH is 1. The first kappa shape index (κ1) is 41.6. The van der Waals surface area contributed by atoms with Crippen LogP contribution in [0.1, 0.15) is 27.0 Å². The van der Waals surface area contributed by atoms with Crippen LogP contribution in [0.5, 0.6) is 46.0 Å². The van der Waals surface area contributed by atoms with Gasteiger partial charge in [-0.05, 0) is 83.8 Å². The Kier molecular flexibility index (Phi) is 19.2. The summed E-state index contributed by atoms with van der Waals surface area (Å²) in [4.78, 5) is 20.5. The molecule has 0 unspecified atom stereocenters. The van der Waals surface area contributed by atoms with Crippen LogP contribution >= 0.6 is 0 Å². The van der Waals surface area contributed by atoms with Gasteiger partial charge >= 0.3 is 5.97 Å². The molecular formula is C38H42O12. The summed E-state index contributed by atoms with van der Waals surface area (Å²) in [5.41, 5.74) is 3.10. The fraction of sp³-hybridized carbons (Fsp3) is 0.158. The van der Waals surface area contributed by atoms with Crippen molar-refractivity contribution in [1.29, 1.82) is 0 Å². The van der Waals surface area contributed by atoms with Gasteiger partial charge in [0.2, 0.25) is 0 Å². The smallest absolute Gasteiger partial charge is 0.328 e. The molecule has 0 heterocycles. The summed E-state index contributed by atoms with van der Waals surface area (Å²) in [5, 5.41) is 53.8. The van der Waals surface area contributed by atoms with E-state index >= 15 is 0 Å². The Labute approximate surface area is 290 Å². The first-order chi connectivity index (χ1) is 24.0. The van der Waals surface area contributed by atoms with Gasteiger partial charge in [0, 0.05) is 11.6 Å². The summed E-state index contributed by atoms with van der Waals surface area (Å²) in [7, 11) is 5.89. The number of phenols is 4. The van der Waals surface area contributed by atoms with Gasteiger partial charge in [-0.15, -0.1) is 6.58 Å². The van der Waals surface area contributed by atoms with Crippen LogP contribution in [0.3, 0.4) is 0 Å². The number of benzene rings is 4. The van der Waals surface area contributed by atoms with Crippen molar-refractivity contribution in [3.05, 3.63) is 120 Å². The fourth-order valence-corrected chi connectivity index (χ4v) is 3.74. The molecule has 0 saturated carbocycles. The van der Waals surface area contributed by atoms with Crippen molar-refractivity contribution in [3.63, 3.8) is 0 Å². The molecule has 4 aromatic carbocycles. The molecule has 266 valence electrons. The number of carboxylic acids is 1. The van der Waals surface area contributed by atoms with E-state index in [4.69, 9.17) is 34.3 Å². The monoisotopic (exact) mass is 690 g/mol. The van der Waals surface area contributed by atoms with Crippen molar-refractivity contribution in [2.75, 3.05) is 35.0 Å². The molecule has 12 nitrogen and oxygen atoms in total. The van der Waals surface area contributed by atoms with Gasteiger partial charge in [0.25, 0.3) is 0 Å². The van der Waals surface area contributed by atoms with Crippen LogP contribution in [0.25, 0.3) is 12.2 Å². The Hall–Kier alpha value is -6.40. The highest BCUT2D eigenvalue weighted by Crippen LogP contribution is 2.28. The van der Waals surface area contributed by atoms with Gasteiger partial charge in [0.15, 0.2) is 46.0 Å². The summed E-state index contributed by atoms with van der Waals surface area (Å²) in [5.74, 6) is 0.908. The number of hydrogen-bond acceptors (Lipinski definition) is 11. The van der Waals surface area contributed by atoms with E-state index in [1.54, 1.807) is 54.6 Å². The lowest BCUT2D eigenvalue weighted by molar-refractivity contribution is -0.131. The molecule has 0 aromatic heterocycles. The standard InChI is InChI=1S/C10H10O4.C10H12O3.C10H12O2.C8H8O3/c1-14-9-6-7(2-4-8(9)11)3-5-10(12)13;1-13-10-7-8(3-2-6-11)4-5-9(10)12;1-3-4-8-5-6-9(11)10(7-8)12-2;1-11-8-4-6(5-9)2-3-7(8)10/h2-6,11H,1H3,(H,12,13);2-5,7,11-12H,6H2,1H3;3,5-7,11H,1,4H2,2H3;2-5,10H,1H3/b5-3+;3-2+;;. The predicted molar refractivity (Wildman–Crippen MR) is 191 cm³/mol. The SMILES string of the molecule is C=CCc1ccc(O)c(OC)c1.COc1cc(/C=C/C(=O)O)ccc1O.COc1cc(/C=C/CO)ccc1O.COc1cc(C=O)ccc1O. The average molecular weight is 691 g/mol. The minimum Gasteiger partial charge on any atom is -0.504 e. The summed E-state index contributed by atoms with van der Waals surface area (Å²) in [6, 6.07) is 19.3. The number of aliphatic carboxylic acids is 1. The molecule has 0 saturated heterocycles. The molecule has 0 aliphatic rings. The van der Waals surface area contributed by atoms with Gasteiger partial charge in [-0.2, -0.15) is 0 Å². The number of carboxylic acid groups (broad SMARTS) is 1. The van der Waals surface area contributed by atoms with Crippen molar-refractivity contribution in [3.8, 4) is 46.0 Å². The molecule has 0 aliphatic heterocycles. The third-order valence-electron chi connectivity index (χ3n) is 6.21. The second-order valence-electron chi connectivity index (χ2n) is 9.67. The van der Waals surface area contributed by atoms with Crippen LogP contribution in [0.2, 0.25) is 0 Å². The average Bonchev–Trinajstić information content (AvgIpc) is 3.12. The maximum Gasteiger partial charge on any atom is 0.328 e. The third-order valence-corrected chi connectivity index (χ3v) is 6.21. The normalized spacial score (nSPS) is 9.94. The zero-order valence-electron chi connectivity index (χ0n) is 28.1. The van der Waals surface area contributed by atoms with Crippen molar-refractivity contribution in [2.24, 2.45) is 0 Å². The highest BCUT2D eigenvalue weighted by Gasteiger charge is 2.03. The minimum absolute atomic E-state index is 0.00317. The number of aliphatic hydroxyl groups is 1. The van der Waals surface area contributed by atoms with Crippen LogP contribution < -0.4 is 18.9 Å². The maximum absolute atomic E-state index is 10.2. The molecule has 4 rings (SSSR count). The zero-order valence-corrected chi connectivity index (χ0v) is 28.1. The van der Waals surface area contributed by atoms with Crippen LogP contribution in [-0.4, -0.2) is 77.9 Å². The van der Waals surface area contributed by atoms with E-state index < -0.39 is 5.97 Å². The van der Waals surface area contributed by atoms with Crippen LogP contribution in [-0.2, 0) is 11.2 Å². The van der Waals surface area contributed by atoms with Gasteiger partial charge in [0.05, 0.1) is 35.0 Å². The van der Waals surface area contributed by atoms with Gasteiger partial charge in [0.1, 0.15) is 6.29 Å². The summed E-state index contributed by atoms with van der Waals surface area (Å²) in [6.07, 6.45) is 9.11. The molecule has 0 fully saturated rings. The zero-order chi connectivity index (χ0) is 37.5. The maximum atomic E-state index is 10.2. The van der Waals surface area contributed by atoms with Crippen molar-refractivity contribution < 1.29 is 59.2 Å². The largest absolute Gasteiger partial charge is 0.504 e. The van der Waals surface area contributed by atoms with Crippen molar-refractivity contribution >= 4 is 24.4 Å². The first-order valence-electron chi connectivity index (χ1n) is 14.7. The van der Waals surface area contributed by atoms with Crippen molar-refractivity contribution in [2.45, 2.75) is 6.42 Å². The van der Waals surface area contributed by atoms with E-state index in [1.807, 2.05) is 12.1 Å². The number of aldehydes is 1. The van der Waals surface area contributed by atoms with E-state index in [9.17, 15) is 24.9 Å². The van der Waals surface area contributed by atoms with Crippen LogP contribution in [0.4, 0.5) is 0 Å². The highest BCUT2D eigenvalue weighted by atomic mass is 16.5. The quantitative estimate of drug-likeness (QED) is 0.0590. The second-order valence-corrected chi connectivity index (χ2v) is 9.67. The molecule has 0 atom stereocenters. The topological polar surface area (TPSA) is 192 Å². The lowest BCUT2D eigenvalue weighted by atomic mass is 10.1. The molecule has 0 spiro atoms. The van der Waals surface area contributed by atoms with Crippen molar-refractivity contribution in [1.82, 2.24) is 0 Å². The number of rotatable bonds is 11. The number of carbonyl (C=O) groups is 2. The van der Waals surface area contributed by atoms with E-state index in [2.05, 4.69) is 6.58 Å². The highest BCUT2D eigenvalue weighted by molar-refractivity contribution is 5.85. The summed E-state index contributed by atoms with van der Waals surface area (Å²) >= 11 is 0. The van der Waals surface area contributed by atoms with Gasteiger partial charge in [-0.3, -0.25) is 4.79 Å². The number of allylic oxidation sites excluding steroid dienone is 1. The Balaban J connectivity index is 0.000000335. The van der Waals surface area contributed by atoms with E-state index in [0.29, 0.717) is 40.4 Å². The number of carbonyl (C=O) groups excluding carboxylic acids is 1. The fourth-order valence-electron chi connectivity index (χ4n) is 3.74. The Bertz CT molecular complexity index is 1730. The Morgan fingerprint density at radius 2 is 1.04 bits per heavy atom. The van der Waals surface area contributed by atoms with Gasteiger partial charge < -0.3 is 49.6 Å². The molecule has 0 radical (unpaired) electrons. The minimum atomic E-state index is -1.02. The Morgan fingerprint density at radius 1 is 0.640 bits per heavy atom. The molecule has 6 N–H and O–H groups in total. The second kappa shape index (κ2) is 23.0. The number of methoxy groups -OCH3 is 4. The third kappa shape index (κ3) is 15.0. The molecule has 0 aliphatic carbocycles. The summed E-state index contributed by atoms with van der Waals surface area (Å²) < 4.78 is 19.5. The van der Waals surface area contributed by atoms with Gasteiger partial charge in [-0.1, -0.05) is 36.4 Å². The molecule has 0 bridgehead atoms. The first-order valence-corrected chi connectivity index (χ1v) is 14.7. The number of hydrogen-bond donors (Lipinski definition) is 6.